The van der Waals surface area contributed by atoms with E-state index < -0.39 is 0 Å². The van der Waals surface area contributed by atoms with Crippen molar-refractivity contribution in [2.45, 2.75) is 63.8 Å². The summed E-state index contributed by atoms with van der Waals surface area (Å²) in [4.78, 5) is 12.3. The van der Waals surface area contributed by atoms with Crippen molar-refractivity contribution < 1.29 is 4.79 Å². The van der Waals surface area contributed by atoms with Crippen LogP contribution in [0.2, 0.25) is 0 Å². The summed E-state index contributed by atoms with van der Waals surface area (Å²) in [6.07, 6.45) is 11.2. The van der Waals surface area contributed by atoms with E-state index in [1.807, 2.05) is 0 Å². The van der Waals surface area contributed by atoms with E-state index in [4.69, 9.17) is 5.73 Å². The zero-order valence-corrected chi connectivity index (χ0v) is 13.2. The van der Waals surface area contributed by atoms with Gasteiger partial charge >= 0.3 is 0 Å². The van der Waals surface area contributed by atoms with Gasteiger partial charge in [0.05, 0.1) is 0 Å². The standard InChI is InChI=1S/C16H28N2O.ClH/c17-15-12-6-3-7-13(15)9-14(8-12)16(19)18-10-11-4-1-2-5-11;/h11-15H,1-10,17H2,(H,18,19);1H. The van der Waals surface area contributed by atoms with Gasteiger partial charge in [-0.25, -0.2) is 0 Å². The lowest BCUT2D eigenvalue weighted by molar-refractivity contribution is -0.128. The third kappa shape index (κ3) is 3.48. The summed E-state index contributed by atoms with van der Waals surface area (Å²) in [6, 6.07) is 0.368. The molecule has 3 aliphatic carbocycles. The topological polar surface area (TPSA) is 55.1 Å². The highest BCUT2D eigenvalue weighted by molar-refractivity contribution is 5.85. The lowest BCUT2D eigenvalue weighted by Gasteiger charge is -2.43. The monoisotopic (exact) mass is 300 g/mol. The van der Waals surface area contributed by atoms with Gasteiger partial charge in [0.2, 0.25) is 5.91 Å². The number of nitrogens with two attached hydrogens (primary N) is 1. The number of fused-ring (bicyclic) bond motifs is 2. The van der Waals surface area contributed by atoms with E-state index in [1.165, 1.54) is 44.9 Å². The molecule has 0 saturated heterocycles. The van der Waals surface area contributed by atoms with E-state index in [0.717, 1.165) is 25.3 Å². The number of carbonyl (C=O) groups excluding carboxylic acids is 1. The average molecular weight is 301 g/mol. The molecule has 20 heavy (non-hydrogen) atoms. The van der Waals surface area contributed by atoms with Crippen molar-refractivity contribution in [2.24, 2.45) is 29.4 Å². The smallest absolute Gasteiger partial charge is 0.223 e. The Kier molecular flexibility index (Phi) is 5.74. The van der Waals surface area contributed by atoms with Crippen molar-refractivity contribution in [3.63, 3.8) is 0 Å². The predicted octanol–water partition coefficient (Wildman–Crippen LogP) is 2.87. The summed E-state index contributed by atoms with van der Waals surface area (Å²) in [6.45, 7) is 0.913. The second-order valence-electron chi connectivity index (χ2n) is 7.09. The molecular formula is C16H29ClN2O. The number of hydrogen-bond acceptors (Lipinski definition) is 2. The number of rotatable bonds is 3. The minimum Gasteiger partial charge on any atom is -0.356 e. The Labute approximate surface area is 128 Å². The molecule has 0 spiro atoms. The van der Waals surface area contributed by atoms with Crippen LogP contribution in [0.3, 0.4) is 0 Å². The SMILES string of the molecule is Cl.NC1C2CCCC1CC(C(=O)NCC1CCCC1)C2. The molecule has 2 unspecified atom stereocenters. The van der Waals surface area contributed by atoms with Gasteiger partial charge in [-0.3, -0.25) is 4.79 Å². The highest BCUT2D eigenvalue weighted by Gasteiger charge is 2.40. The van der Waals surface area contributed by atoms with E-state index in [2.05, 4.69) is 5.32 Å². The van der Waals surface area contributed by atoms with Crippen LogP contribution >= 0.6 is 12.4 Å². The summed E-state index contributed by atoms with van der Waals surface area (Å²) < 4.78 is 0. The highest BCUT2D eigenvalue weighted by atomic mass is 35.5. The fourth-order valence-corrected chi connectivity index (χ4v) is 4.61. The first kappa shape index (κ1) is 16.1. The first-order valence-electron chi connectivity index (χ1n) is 8.27. The van der Waals surface area contributed by atoms with Crippen molar-refractivity contribution in [1.29, 1.82) is 0 Å². The first-order valence-corrected chi connectivity index (χ1v) is 8.27. The molecule has 116 valence electrons. The maximum Gasteiger partial charge on any atom is 0.223 e. The van der Waals surface area contributed by atoms with Crippen LogP contribution in [0.15, 0.2) is 0 Å². The number of amides is 1. The second kappa shape index (κ2) is 7.13. The molecular weight excluding hydrogens is 272 g/mol. The molecule has 0 radical (unpaired) electrons. The average Bonchev–Trinajstić information content (AvgIpc) is 2.88. The van der Waals surface area contributed by atoms with Gasteiger partial charge in [0, 0.05) is 18.5 Å². The van der Waals surface area contributed by atoms with Crippen LogP contribution in [0, 0.1) is 23.7 Å². The van der Waals surface area contributed by atoms with Crippen LogP contribution in [0.25, 0.3) is 0 Å². The molecule has 3 aliphatic rings. The molecule has 0 heterocycles. The second-order valence-corrected chi connectivity index (χ2v) is 7.09. The van der Waals surface area contributed by atoms with Gasteiger partial charge in [0.25, 0.3) is 0 Å². The molecule has 0 aromatic rings. The summed E-state index contributed by atoms with van der Waals surface area (Å²) in [5.41, 5.74) is 6.29. The Morgan fingerprint density at radius 2 is 1.60 bits per heavy atom. The maximum absolute atomic E-state index is 12.3. The Balaban J connectivity index is 0.00000147. The Morgan fingerprint density at radius 3 is 2.20 bits per heavy atom. The Bertz CT molecular complexity index is 316. The molecule has 0 aliphatic heterocycles. The zero-order chi connectivity index (χ0) is 13.2. The largest absolute Gasteiger partial charge is 0.356 e. The van der Waals surface area contributed by atoms with Gasteiger partial charge in [0.1, 0.15) is 0 Å². The van der Waals surface area contributed by atoms with Crippen molar-refractivity contribution in [2.75, 3.05) is 6.54 Å². The van der Waals surface area contributed by atoms with Crippen molar-refractivity contribution in [3.05, 3.63) is 0 Å². The van der Waals surface area contributed by atoms with Crippen molar-refractivity contribution in [3.8, 4) is 0 Å². The minimum absolute atomic E-state index is 0. The van der Waals surface area contributed by atoms with Crippen LogP contribution in [0.5, 0.6) is 0 Å². The third-order valence-electron chi connectivity index (χ3n) is 5.82. The Hall–Kier alpha value is -0.280. The molecule has 3 nitrogen and oxygen atoms in total. The third-order valence-corrected chi connectivity index (χ3v) is 5.82. The van der Waals surface area contributed by atoms with Crippen LogP contribution in [-0.2, 0) is 4.79 Å². The molecule has 3 N–H and O–H groups in total. The lowest BCUT2D eigenvalue weighted by Crippen LogP contribution is -2.49. The molecule has 1 amide bonds. The molecule has 0 aromatic carbocycles. The molecule has 3 saturated carbocycles. The summed E-state index contributed by atoms with van der Waals surface area (Å²) in [7, 11) is 0. The summed E-state index contributed by atoms with van der Waals surface area (Å²) >= 11 is 0. The quantitative estimate of drug-likeness (QED) is 0.842. The first-order chi connectivity index (χ1) is 9.24. The maximum atomic E-state index is 12.3. The summed E-state index contributed by atoms with van der Waals surface area (Å²) in [5, 5.41) is 3.22. The molecule has 3 fully saturated rings. The minimum atomic E-state index is 0. The Morgan fingerprint density at radius 1 is 1.00 bits per heavy atom. The van der Waals surface area contributed by atoms with Gasteiger partial charge < -0.3 is 11.1 Å². The predicted molar refractivity (Wildman–Crippen MR) is 83.7 cm³/mol. The van der Waals surface area contributed by atoms with Crippen molar-refractivity contribution >= 4 is 18.3 Å². The normalized spacial score (nSPS) is 37.2. The highest BCUT2D eigenvalue weighted by Crippen LogP contribution is 2.41. The molecule has 0 aromatic heterocycles. The van der Waals surface area contributed by atoms with E-state index in [0.29, 0.717) is 23.8 Å². The lowest BCUT2D eigenvalue weighted by atomic mass is 9.65. The number of carbonyl (C=O) groups is 1. The van der Waals surface area contributed by atoms with Gasteiger partial charge in [0.15, 0.2) is 0 Å². The van der Waals surface area contributed by atoms with Gasteiger partial charge in [-0.1, -0.05) is 19.3 Å². The van der Waals surface area contributed by atoms with Gasteiger partial charge in [-0.05, 0) is 56.3 Å². The van der Waals surface area contributed by atoms with Crippen LogP contribution in [-0.4, -0.2) is 18.5 Å². The van der Waals surface area contributed by atoms with Gasteiger partial charge in [-0.15, -0.1) is 12.4 Å². The van der Waals surface area contributed by atoms with E-state index in [-0.39, 0.29) is 18.3 Å². The van der Waals surface area contributed by atoms with E-state index >= 15 is 0 Å². The molecule has 2 atom stereocenters. The molecule has 3 rings (SSSR count). The molecule has 2 bridgehead atoms. The molecule has 4 heteroatoms. The van der Waals surface area contributed by atoms with Crippen molar-refractivity contribution in [1.82, 2.24) is 5.32 Å². The zero-order valence-electron chi connectivity index (χ0n) is 12.4. The van der Waals surface area contributed by atoms with E-state index in [1.54, 1.807) is 0 Å². The number of halogens is 1. The van der Waals surface area contributed by atoms with Crippen LogP contribution in [0.4, 0.5) is 0 Å². The van der Waals surface area contributed by atoms with E-state index in [9.17, 15) is 4.79 Å². The number of hydrogen-bond donors (Lipinski definition) is 2. The fraction of sp³-hybridized carbons (Fsp3) is 0.938. The van der Waals surface area contributed by atoms with Crippen LogP contribution < -0.4 is 11.1 Å². The fourth-order valence-electron chi connectivity index (χ4n) is 4.61. The van der Waals surface area contributed by atoms with Gasteiger partial charge in [-0.2, -0.15) is 0 Å². The summed E-state index contributed by atoms with van der Waals surface area (Å²) in [5.74, 6) is 2.52. The van der Waals surface area contributed by atoms with Crippen LogP contribution in [0.1, 0.15) is 57.8 Å². The number of nitrogens with one attached hydrogen (secondary N) is 1.